The molecule has 1 aliphatic heterocycles. The van der Waals surface area contributed by atoms with Gasteiger partial charge in [-0.05, 0) is 23.2 Å². The zero-order chi connectivity index (χ0) is 13.8. The summed E-state index contributed by atoms with van der Waals surface area (Å²) in [6.45, 7) is 5.18. The van der Waals surface area contributed by atoms with E-state index in [-0.39, 0.29) is 24.8 Å². The standard InChI is InChI=1S/C18H22N2.2ClH/c1-2-19-13-18-16-11-7-6-10-15(16)17(12-20-18)14-8-4-3-5-9-14;;/h3-11,17-20H,2,12-13H2,1H3;2*1H/t17-,18+;;/m1../s1. The fraction of sp³-hybridized carbons (Fsp3) is 0.333. The lowest BCUT2D eigenvalue weighted by Crippen LogP contribution is -2.39. The van der Waals surface area contributed by atoms with Gasteiger partial charge in [0.1, 0.15) is 0 Å². The summed E-state index contributed by atoms with van der Waals surface area (Å²) in [5.41, 5.74) is 4.31. The first-order valence-corrected chi connectivity index (χ1v) is 7.48. The number of nitrogens with one attached hydrogen (secondary N) is 2. The van der Waals surface area contributed by atoms with Crippen molar-refractivity contribution >= 4 is 24.8 Å². The van der Waals surface area contributed by atoms with Gasteiger partial charge in [-0.1, -0.05) is 61.5 Å². The molecular weight excluding hydrogens is 315 g/mol. The van der Waals surface area contributed by atoms with Crippen molar-refractivity contribution in [2.24, 2.45) is 0 Å². The van der Waals surface area contributed by atoms with Crippen LogP contribution in [-0.4, -0.2) is 19.6 Å². The Kier molecular flexibility index (Phi) is 7.91. The van der Waals surface area contributed by atoms with Gasteiger partial charge in [-0.15, -0.1) is 24.8 Å². The molecule has 3 rings (SSSR count). The summed E-state index contributed by atoms with van der Waals surface area (Å²) >= 11 is 0. The molecule has 0 spiro atoms. The summed E-state index contributed by atoms with van der Waals surface area (Å²) in [5, 5.41) is 7.15. The van der Waals surface area contributed by atoms with Gasteiger partial charge in [0, 0.05) is 25.0 Å². The van der Waals surface area contributed by atoms with Gasteiger partial charge in [-0.2, -0.15) is 0 Å². The zero-order valence-electron chi connectivity index (χ0n) is 12.8. The first-order chi connectivity index (χ1) is 9.90. The molecule has 1 heterocycles. The van der Waals surface area contributed by atoms with E-state index in [2.05, 4.69) is 72.2 Å². The monoisotopic (exact) mass is 338 g/mol. The van der Waals surface area contributed by atoms with Crippen LogP contribution in [0.2, 0.25) is 0 Å². The largest absolute Gasteiger partial charge is 0.315 e. The predicted molar refractivity (Wildman–Crippen MR) is 98.5 cm³/mol. The molecule has 2 atom stereocenters. The Morgan fingerprint density at radius 2 is 1.59 bits per heavy atom. The van der Waals surface area contributed by atoms with Crippen molar-refractivity contribution in [3.05, 3.63) is 71.3 Å². The molecule has 0 bridgehead atoms. The van der Waals surface area contributed by atoms with Crippen LogP contribution in [0.15, 0.2) is 54.6 Å². The SMILES string of the molecule is CCNC[C@@H]1NC[C@H](c2ccccc2)c2ccccc21.Cl.Cl. The van der Waals surface area contributed by atoms with Crippen LogP contribution in [0.4, 0.5) is 0 Å². The van der Waals surface area contributed by atoms with E-state index in [9.17, 15) is 0 Å². The molecule has 0 radical (unpaired) electrons. The van der Waals surface area contributed by atoms with E-state index in [0.717, 1.165) is 19.6 Å². The Bertz CT molecular complexity index is 560. The van der Waals surface area contributed by atoms with Crippen molar-refractivity contribution in [2.45, 2.75) is 18.9 Å². The van der Waals surface area contributed by atoms with Crippen LogP contribution in [-0.2, 0) is 0 Å². The van der Waals surface area contributed by atoms with Crippen LogP contribution in [0.5, 0.6) is 0 Å². The number of likely N-dealkylation sites (N-methyl/N-ethyl adjacent to an activating group) is 1. The van der Waals surface area contributed by atoms with Gasteiger partial charge >= 0.3 is 0 Å². The zero-order valence-corrected chi connectivity index (χ0v) is 14.4. The third-order valence-corrected chi connectivity index (χ3v) is 4.12. The molecule has 2 aromatic carbocycles. The molecule has 2 nitrogen and oxygen atoms in total. The van der Waals surface area contributed by atoms with Gasteiger partial charge in [-0.25, -0.2) is 0 Å². The molecule has 1 aliphatic rings. The number of benzene rings is 2. The molecule has 0 aliphatic carbocycles. The fourth-order valence-electron chi connectivity index (χ4n) is 3.08. The highest BCUT2D eigenvalue weighted by Crippen LogP contribution is 2.33. The molecule has 2 aromatic rings. The van der Waals surface area contributed by atoms with E-state index in [1.165, 1.54) is 16.7 Å². The Hall–Kier alpha value is -1.06. The lowest BCUT2D eigenvalue weighted by Gasteiger charge is -2.33. The molecule has 2 N–H and O–H groups in total. The van der Waals surface area contributed by atoms with Crippen LogP contribution >= 0.6 is 24.8 Å². The molecule has 22 heavy (non-hydrogen) atoms. The number of hydrogen-bond donors (Lipinski definition) is 2. The van der Waals surface area contributed by atoms with E-state index < -0.39 is 0 Å². The van der Waals surface area contributed by atoms with Crippen molar-refractivity contribution < 1.29 is 0 Å². The minimum absolute atomic E-state index is 0. The summed E-state index contributed by atoms with van der Waals surface area (Å²) < 4.78 is 0. The van der Waals surface area contributed by atoms with E-state index in [4.69, 9.17) is 0 Å². The van der Waals surface area contributed by atoms with E-state index in [0.29, 0.717) is 12.0 Å². The molecule has 0 saturated carbocycles. The summed E-state index contributed by atoms with van der Waals surface area (Å²) in [5.74, 6) is 0.463. The minimum atomic E-state index is 0. The van der Waals surface area contributed by atoms with Crippen molar-refractivity contribution in [1.82, 2.24) is 10.6 Å². The van der Waals surface area contributed by atoms with Crippen molar-refractivity contribution in [1.29, 1.82) is 0 Å². The van der Waals surface area contributed by atoms with Crippen LogP contribution in [0.25, 0.3) is 0 Å². The summed E-state index contributed by atoms with van der Waals surface area (Å²) in [6.07, 6.45) is 0. The van der Waals surface area contributed by atoms with E-state index >= 15 is 0 Å². The summed E-state index contributed by atoms with van der Waals surface area (Å²) in [4.78, 5) is 0. The van der Waals surface area contributed by atoms with Crippen molar-refractivity contribution in [3.8, 4) is 0 Å². The quantitative estimate of drug-likeness (QED) is 0.882. The van der Waals surface area contributed by atoms with Crippen LogP contribution in [0.1, 0.15) is 35.6 Å². The van der Waals surface area contributed by atoms with Gasteiger partial charge in [-0.3, -0.25) is 0 Å². The third-order valence-electron chi connectivity index (χ3n) is 4.12. The molecule has 0 unspecified atom stereocenters. The van der Waals surface area contributed by atoms with Crippen LogP contribution in [0, 0.1) is 0 Å². The number of halogens is 2. The average molecular weight is 339 g/mol. The molecule has 0 fully saturated rings. The molecule has 0 saturated heterocycles. The Morgan fingerprint density at radius 1 is 0.955 bits per heavy atom. The van der Waals surface area contributed by atoms with Gasteiger partial charge in [0.25, 0.3) is 0 Å². The van der Waals surface area contributed by atoms with Gasteiger partial charge < -0.3 is 10.6 Å². The van der Waals surface area contributed by atoms with Gasteiger partial charge in [0.05, 0.1) is 0 Å². The maximum Gasteiger partial charge on any atom is 0.0450 e. The lowest BCUT2D eigenvalue weighted by atomic mass is 9.82. The highest BCUT2D eigenvalue weighted by molar-refractivity contribution is 5.85. The number of rotatable bonds is 4. The summed E-state index contributed by atoms with van der Waals surface area (Å²) in [7, 11) is 0. The smallest absolute Gasteiger partial charge is 0.0450 e. The Morgan fingerprint density at radius 3 is 2.27 bits per heavy atom. The maximum atomic E-state index is 3.70. The molecular formula is C18H24Cl2N2. The second kappa shape index (κ2) is 9.16. The minimum Gasteiger partial charge on any atom is -0.315 e. The van der Waals surface area contributed by atoms with Crippen LogP contribution < -0.4 is 10.6 Å². The van der Waals surface area contributed by atoms with Crippen molar-refractivity contribution in [2.75, 3.05) is 19.6 Å². The third kappa shape index (κ3) is 4.02. The predicted octanol–water partition coefficient (Wildman–Crippen LogP) is 3.92. The first kappa shape index (κ1) is 19.0. The molecule has 120 valence electrons. The van der Waals surface area contributed by atoms with Crippen molar-refractivity contribution in [3.63, 3.8) is 0 Å². The van der Waals surface area contributed by atoms with E-state index in [1.54, 1.807) is 0 Å². The van der Waals surface area contributed by atoms with E-state index in [1.807, 2.05) is 0 Å². The van der Waals surface area contributed by atoms with Gasteiger partial charge in [0.2, 0.25) is 0 Å². The second-order valence-electron chi connectivity index (χ2n) is 5.36. The lowest BCUT2D eigenvalue weighted by molar-refractivity contribution is 0.454. The number of hydrogen-bond acceptors (Lipinski definition) is 2. The average Bonchev–Trinajstić information content (AvgIpc) is 2.53. The van der Waals surface area contributed by atoms with Crippen LogP contribution in [0.3, 0.4) is 0 Å². The fourth-order valence-corrected chi connectivity index (χ4v) is 3.08. The van der Waals surface area contributed by atoms with Gasteiger partial charge in [0.15, 0.2) is 0 Å². The topological polar surface area (TPSA) is 24.1 Å². The Balaban J connectivity index is 0.00000121. The number of fused-ring (bicyclic) bond motifs is 1. The maximum absolute atomic E-state index is 3.70. The Labute approximate surface area is 145 Å². The molecule has 0 aromatic heterocycles. The highest BCUT2D eigenvalue weighted by atomic mass is 35.5. The summed E-state index contributed by atoms with van der Waals surface area (Å²) in [6, 6.07) is 20.1. The highest BCUT2D eigenvalue weighted by Gasteiger charge is 2.26. The molecule has 4 heteroatoms. The second-order valence-corrected chi connectivity index (χ2v) is 5.36. The first-order valence-electron chi connectivity index (χ1n) is 7.48. The normalized spacial score (nSPS) is 19.5. The molecule has 0 amide bonds.